The number of hydrogen-bond donors (Lipinski definition) is 0. The van der Waals surface area contributed by atoms with Crippen LogP contribution in [0.2, 0.25) is 0 Å². The van der Waals surface area contributed by atoms with Gasteiger partial charge in [-0.3, -0.25) is 9.59 Å². The second-order valence-corrected chi connectivity index (χ2v) is 12.5. The van der Waals surface area contributed by atoms with Gasteiger partial charge in [0.2, 0.25) is 12.8 Å². The molecule has 0 radical (unpaired) electrons. The predicted octanol–water partition coefficient (Wildman–Crippen LogP) is -1.26. The van der Waals surface area contributed by atoms with Crippen molar-refractivity contribution in [2.45, 2.75) is 43.8 Å². The van der Waals surface area contributed by atoms with Crippen LogP contribution in [0.1, 0.15) is 25.7 Å². The van der Waals surface area contributed by atoms with Crippen LogP contribution in [0.3, 0.4) is 0 Å². The zero-order chi connectivity index (χ0) is 20.4. The second kappa shape index (κ2) is 8.66. The Kier molecular flexibility index (Phi) is 6.65. The number of carbonyl (C=O) groups is 2. The molecular weight excluding hydrogens is 406 g/mol. The molecule has 2 atom stereocenters. The quantitative estimate of drug-likeness (QED) is 0.438. The molecule has 0 aromatic carbocycles. The van der Waals surface area contributed by atoms with Crippen molar-refractivity contribution in [2.75, 3.05) is 49.2 Å². The first kappa shape index (κ1) is 21.5. The van der Waals surface area contributed by atoms with Crippen LogP contribution in [-0.4, -0.2) is 112 Å². The molecule has 3 fully saturated rings. The Labute approximate surface area is 166 Å². The molecule has 0 aliphatic carbocycles. The monoisotopic (exact) mass is 435 g/mol. The summed E-state index contributed by atoms with van der Waals surface area (Å²) in [4.78, 5) is 28.4. The predicted molar refractivity (Wildman–Crippen MR) is 104 cm³/mol. The third-order valence-corrected chi connectivity index (χ3v) is 9.72. The summed E-state index contributed by atoms with van der Waals surface area (Å²) in [6.07, 6.45) is 4.09. The van der Waals surface area contributed by atoms with Gasteiger partial charge in [0, 0.05) is 44.3 Å². The van der Waals surface area contributed by atoms with E-state index in [2.05, 4.69) is 4.90 Å². The molecule has 0 aromatic heterocycles. The van der Waals surface area contributed by atoms with Crippen LogP contribution in [0, 0.1) is 0 Å². The minimum atomic E-state index is -3.03. The van der Waals surface area contributed by atoms with E-state index in [9.17, 15) is 26.4 Å². The number of carbonyl (C=O) groups excluding carboxylic acids is 2. The molecule has 0 unspecified atom stereocenters. The number of amides is 2. The Bertz CT molecular complexity index is 777. The van der Waals surface area contributed by atoms with Crippen molar-refractivity contribution in [1.82, 2.24) is 14.7 Å². The van der Waals surface area contributed by atoms with Crippen molar-refractivity contribution < 1.29 is 26.4 Å². The van der Waals surface area contributed by atoms with Crippen LogP contribution in [0.25, 0.3) is 0 Å². The largest absolute Gasteiger partial charge is 0.340 e. The maximum Gasteiger partial charge on any atom is 0.210 e. The zero-order valence-electron chi connectivity index (χ0n) is 16.0. The standard InChI is InChI=1S/C17H29N3O6S2/c21-13-19(16-3-9-27(23,24)11-16)8-7-18-5-1-15(2-6-18)20(14-22)17-4-10-28(25,26)12-17/h13-17H,1-12H2/t16-,17+/m0/s1. The van der Waals surface area contributed by atoms with Crippen LogP contribution in [0.15, 0.2) is 0 Å². The number of nitrogens with zero attached hydrogens (tertiary/aromatic N) is 3. The molecule has 0 spiro atoms. The molecule has 3 aliphatic heterocycles. The average molecular weight is 436 g/mol. The summed E-state index contributed by atoms with van der Waals surface area (Å²) >= 11 is 0. The fourth-order valence-electron chi connectivity index (χ4n) is 4.54. The molecule has 0 aromatic rings. The summed E-state index contributed by atoms with van der Waals surface area (Å²) in [6, 6.07) is -0.391. The van der Waals surface area contributed by atoms with Gasteiger partial charge in [-0.15, -0.1) is 0 Å². The Morgan fingerprint density at radius 2 is 1.36 bits per heavy atom. The van der Waals surface area contributed by atoms with Crippen molar-refractivity contribution in [2.24, 2.45) is 0 Å². The number of hydrogen-bond acceptors (Lipinski definition) is 7. The van der Waals surface area contributed by atoms with Crippen LogP contribution >= 0.6 is 0 Å². The summed E-state index contributed by atoms with van der Waals surface area (Å²) < 4.78 is 46.6. The van der Waals surface area contributed by atoms with Crippen LogP contribution < -0.4 is 0 Å². The maximum absolute atomic E-state index is 11.7. The zero-order valence-corrected chi connectivity index (χ0v) is 17.6. The van der Waals surface area contributed by atoms with Gasteiger partial charge in [-0.25, -0.2) is 16.8 Å². The molecule has 9 nitrogen and oxygen atoms in total. The van der Waals surface area contributed by atoms with Gasteiger partial charge in [0.15, 0.2) is 19.7 Å². The fraction of sp³-hybridized carbons (Fsp3) is 0.882. The van der Waals surface area contributed by atoms with E-state index in [1.54, 1.807) is 9.80 Å². The van der Waals surface area contributed by atoms with Gasteiger partial charge < -0.3 is 14.7 Å². The number of rotatable bonds is 8. The first-order valence-corrected chi connectivity index (χ1v) is 13.4. The van der Waals surface area contributed by atoms with Gasteiger partial charge in [-0.2, -0.15) is 0 Å². The highest BCUT2D eigenvalue weighted by atomic mass is 32.2. The van der Waals surface area contributed by atoms with Gasteiger partial charge in [0.25, 0.3) is 0 Å². The molecule has 3 rings (SSSR count). The van der Waals surface area contributed by atoms with Crippen LogP contribution in [0.4, 0.5) is 0 Å². The van der Waals surface area contributed by atoms with Crippen LogP contribution in [0.5, 0.6) is 0 Å². The van der Waals surface area contributed by atoms with Crippen molar-refractivity contribution in [3.05, 3.63) is 0 Å². The van der Waals surface area contributed by atoms with Crippen molar-refractivity contribution in [3.63, 3.8) is 0 Å². The molecule has 3 aliphatic rings. The van der Waals surface area contributed by atoms with Crippen molar-refractivity contribution in [3.8, 4) is 0 Å². The topological polar surface area (TPSA) is 112 Å². The number of likely N-dealkylation sites (tertiary alicyclic amines) is 1. The summed E-state index contributed by atoms with van der Waals surface area (Å²) in [7, 11) is -6.06. The maximum atomic E-state index is 11.7. The minimum absolute atomic E-state index is 0.0480. The van der Waals surface area contributed by atoms with E-state index in [4.69, 9.17) is 0 Å². The lowest BCUT2D eigenvalue weighted by Crippen LogP contribution is -2.50. The van der Waals surface area contributed by atoms with Gasteiger partial charge in [0.1, 0.15) is 0 Å². The molecule has 3 heterocycles. The Hall–Kier alpha value is -1.20. The second-order valence-electron chi connectivity index (χ2n) is 8.08. The van der Waals surface area contributed by atoms with E-state index in [1.807, 2.05) is 0 Å². The Morgan fingerprint density at radius 3 is 1.82 bits per heavy atom. The molecule has 11 heteroatoms. The molecule has 28 heavy (non-hydrogen) atoms. The first-order valence-electron chi connectivity index (χ1n) is 9.80. The average Bonchev–Trinajstić information content (AvgIpc) is 3.19. The summed E-state index contributed by atoms with van der Waals surface area (Å²) in [5, 5.41) is 0. The molecule has 2 amide bonds. The smallest absolute Gasteiger partial charge is 0.210 e. The van der Waals surface area contributed by atoms with Crippen LogP contribution in [-0.2, 0) is 29.3 Å². The number of sulfone groups is 2. The minimum Gasteiger partial charge on any atom is -0.340 e. The molecule has 0 bridgehead atoms. The fourth-order valence-corrected chi connectivity index (χ4v) is 8.00. The van der Waals surface area contributed by atoms with E-state index >= 15 is 0 Å². The van der Waals surface area contributed by atoms with Gasteiger partial charge in [-0.1, -0.05) is 0 Å². The SMILES string of the molecule is O=CN(CCN1CCC(N(C=O)[C@@H]2CCS(=O)(=O)C2)CC1)[C@H]1CCS(=O)(=O)C1. The molecule has 0 saturated carbocycles. The molecule has 3 saturated heterocycles. The summed E-state index contributed by atoms with van der Waals surface area (Å²) in [5.74, 6) is 0.405. The van der Waals surface area contributed by atoms with Gasteiger partial charge in [0.05, 0.1) is 23.0 Å². The van der Waals surface area contributed by atoms with E-state index in [0.29, 0.717) is 25.9 Å². The third-order valence-electron chi connectivity index (χ3n) is 6.22. The van der Waals surface area contributed by atoms with Gasteiger partial charge in [-0.05, 0) is 25.7 Å². The van der Waals surface area contributed by atoms with E-state index in [1.165, 1.54) is 0 Å². The van der Waals surface area contributed by atoms with Crippen molar-refractivity contribution >= 4 is 32.5 Å². The number of piperidine rings is 1. The normalized spacial score (nSPS) is 30.1. The molecule has 0 N–H and O–H groups in total. The van der Waals surface area contributed by atoms with Crippen molar-refractivity contribution in [1.29, 1.82) is 0 Å². The highest BCUT2D eigenvalue weighted by Gasteiger charge is 2.36. The lowest BCUT2D eigenvalue weighted by atomic mass is 10.0. The van der Waals surface area contributed by atoms with Gasteiger partial charge >= 0.3 is 0 Å². The third kappa shape index (κ3) is 5.24. The Morgan fingerprint density at radius 1 is 0.786 bits per heavy atom. The van der Waals surface area contributed by atoms with E-state index in [-0.39, 0.29) is 41.1 Å². The van der Waals surface area contributed by atoms with E-state index < -0.39 is 19.7 Å². The lowest BCUT2D eigenvalue weighted by molar-refractivity contribution is -0.123. The highest BCUT2D eigenvalue weighted by Crippen LogP contribution is 2.24. The molecular formula is C17H29N3O6S2. The van der Waals surface area contributed by atoms with E-state index in [0.717, 1.165) is 38.8 Å². The molecule has 160 valence electrons. The lowest BCUT2D eigenvalue weighted by Gasteiger charge is -2.39. The Balaban J connectivity index is 1.46. The highest BCUT2D eigenvalue weighted by molar-refractivity contribution is 7.91. The summed E-state index contributed by atoms with van der Waals surface area (Å²) in [5.41, 5.74) is 0. The summed E-state index contributed by atoms with van der Waals surface area (Å²) in [6.45, 7) is 2.70. The first-order chi connectivity index (χ1) is 13.2.